The minimum Gasteiger partial charge on any atom is -0.465 e. The standard InChI is InChI=1S/C17H14FNO2S/c1-21-17(20)16-8-13-11(3-2-4-15(13)22-16)12-7-10(9-19)5-6-14(12)18/h2-8H,9,19H2,1H3. The number of esters is 1. The fourth-order valence-electron chi connectivity index (χ4n) is 2.40. The van der Waals surface area contributed by atoms with Crippen molar-refractivity contribution >= 4 is 27.4 Å². The predicted molar refractivity (Wildman–Crippen MR) is 86.4 cm³/mol. The molecule has 0 aliphatic heterocycles. The quantitative estimate of drug-likeness (QED) is 0.745. The van der Waals surface area contributed by atoms with E-state index in [0.717, 1.165) is 21.2 Å². The molecule has 0 spiro atoms. The molecule has 0 amide bonds. The van der Waals surface area contributed by atoms with Gasteiger partial charge >= 0.3 is 5.97 Å². The van der Waals surface area contributed by atoms with Crippen molar-refractivity contribution < 1.29 is 13.9 Å². The second-order valence-electron chi connectivity index (χ2n) is 4.84. The van der Waals surface area contributed by atoms with Crippen molar-refractivity contribution in [2.24, 2.45) is 5.73 Å². The Morgan fingerprint density at radius 2 is 2.05 bits per heavy atom. The molecular formula is C17H14FNO2S. The van der Waals surface area contributed by atoms with Crippen molar-refractivity contribution in [1.29, 1.82) is 0 Å². The van der Waals surface area contributed by atoms with E-state index in [9.17, 15) is 9.18 Å². The van der Waals surface area contributed by atoms with Gasteiger partial charge in [0.05, 0.1) is 7.11 Å². The average molecular weight is 315 g/mol. The summed E-state index contributed by atoms with van der Waals surface area (Å²) >= 11 is 1.33. The van der Waals surface area contributed by atoms with Crippen LogP contribution in [-0.4, -0.2) is 13.1 Å². The van der Waals surface area contributed by atoms with E-state index in [0.29, 0.717) is 17.0 Å². The largest absolute Gasteiger partial charge is 0.465 e. The summed E-state index contributed by atoms with van der Waals surface area (Å²) in [6.45, 7) is 0.348. The molecule has 2 aromatic carbocycles. The van der Waals surface area contributed by atoms with Crippen LogP contribution in [0.15, 0.2) is 42.5 Å². The van der Waals surface area contributed by atoms with Crippen molar-refractivity contribution in [3.63, 3.8) is 0 Å². The lowest BCUT2D eigenvalue weighted by Crippen LogP contribution is -1.97. The van der Waals surface area contributed by atoms with Crippen LogP contribution in [0.5, 0.6) is 0 Å². The Morgan fingerprint density at radius 1 is 1.23 bits per heavy atom. The highest BCUT2D eigenvalue weighted by molar-refractivity contribution is 7.20. The van der Waals surface area contributed by atoms with Crippen LogP contribution in [0, 0.1) is 5.82 Å². The summed E-state index contributed by atoms with van der Waals surface area (Å²) in [7, 11) is 1.35. The number of methoxy groups -OCH3 is 1. The zero-order valence-corrected chi connectivity index (χ0v) is 12.7. The molecule has 0 fully saturated rings. The van der Waals surface area contributed by atoms with Gasteiger partial charge in [-0.3, -0.25) is 0 Å². The summed E-state index contributed by atoms with van der Waals surface area (Å²) in [5, 5.41) is 0.834. The maximum Gasteiger partial charge on any atom is 0.348 e. The number of thiophene rings is 1. The van der Waals surface area contributed by atoms with Crippen molar-refractivity contribution in [2.75, 3.05) is 7.11 Å². The van der Waals surface area contributed by atoms with E-state index in [2.05, 4.69) is 0 Å². The lowest BCUT2D eigenvalue weighted by Gasteiger charge is -2.07. The van der Waals surface area contributed by atoms with Crippen LogP contribution in [0.2, 0.25) is 0 Å². The number of hydrogen-bond donors (Lipinski definition) is 1. The van der Waals surface area contributed by atoms with Gasteiger partial charge in [0.25, 0.3) is 0 Å². The molecule has 22 heavy (non-hydrogen) atoms. The van der Waals surface area contributed by atoms with E-state index < -0.39 is 0 Å². The van der Waals surface area contributed by atoms with Gasteiger partial charge < -0.3 is 10.5 Å². The Labute approximate surface area is 131 Å². The molecule has 5 heteroatoms. The van der Waals surface area contributed by atoms with Crippen molar-refractivity contribution in [3.8, 4) is 11.1 Å². The van der Waals surface area contributed by atoms with E-state index in [1.807, 2.05) is 18.2 Å². The van der Waals surface area contributed by atoms with Gasteiger partial charge in [-0.2, -0.15) is 0 Å². The second-order valence-corrected chi connectivity index (χ2v) is 5.92. The third-order valence-corrected chi connectivity index (χ3v) is 4.59. The molecule has 0 radical (unpaired) electrons. The number of halogens is 1. The van der Waals surface area contributed by atoms with E-state index in [4.69, 9.17) is 10.5 Å². The molecule has 0 bridgehead atoms. The molecule has 0 aliphatic rings. The van der Waals surface area contributed by atoms with Gasteiger partial charge in [-0.05, 0) is 35.4 Å². The molecule has 2 N–H and O–H groups in total. The summed E-state index contributed by atoms with van der Waals surface area (Å²) in [6.07, 6.45) is 0. The highest BCUT2D eigenvalue weighted by Gasteiger charge is 2.15. The Balaban J connectivity index is 2.23. The molecule has 3 aromatic rings. The van der Waals surface area contributed by atoms with Crippen molar-refractivity contribution in [3.05, 3.63) is 58.7 Å². The number of hydrogen-bond acceptors (Lipinski definition) is 4. The summed E-state index contributed by atoms with van der Waals surface area (Å²) in [5.41, 5.74) is 7.73. The zero-order chi connectivity index (χ0) is 15.7. The first kappa shape index (κ1) is 14.7. The van der Waals surface area contributed by atoms with Crippen LogP contribution in [0.25, 0.3) is 21.2 Å². The third-order valence-electron chi connectivity index (χ3n) is 3.50. The van der Waals surface area contributed by atoms with Crippen LogP contribution in [0.3, 0.4) is 0 Å². The Bertz CT molecular complexity index is 857. The van der Waals surface area contributed by atoms with Gasteiger partial charge in [0, 0.05) is 22.2 Å². The first-order valence-corrected chi connectivity index (χ1v) is 7.55. The highest BCUT2D eigenvalue weighted by Crippen LogP contribution is 2.35. The Kier molecular flexibility index (Phi) is 3.92. The maximum absolute atomic E-state index is 14.2. The second kappa shape index (κ2) is 5.87. The monoisotopic (exact) mass is 315 g/mol. The number of nitrogens with two attached hydrogens (primary N) is 1. The van der Waals surface area contributed by atoms with Crippen LogP contribution in [0.1, 0.15) is 15.2 Å². The minimum absolute atomic E-state index is 0.310. The van der Waals surface area contributed by atoms with Gasteiger partial charge in [0.2, 0.25) is 0 Å². The first-order valence-electron chi connectivity index (χ1n) is 6.73. The molecule has 112 valence electrons. The van der Waals surface area contributed by atoms with Gasteiger partial charge in [0.1, 0.15) is 10.7 Å². The van der Waals surface area contributed by atoms with E-state index >= 15 is 0 Å². The van der Waals surface area contributed by atoms with Crippen LogP contribution in [-0.2, 0) is 11.3 Å². The fraction of sp³-hybridized carbons (Fsp3) is 0.118. The molecule has 0 aliphatic carbocycles. The van der Waals surface area contributed by atoms with Gasteiger partial charge in [-0.15, -0.1) is 11.3 Å². The number of fused-ring (bicyclic) bond motifs is 1. The number of carbonyl (C=O) groups excluding carboxylic acids is 1. The molecule has 0 saturated carbocycles. The van der Waals surface area contributed by atoms with Crippen LogP contribution in [0.4, 0.5) is 4.39 Å². The summed E-state index contributed by atoms with van der Waals surface area (Å²) in [5.74, 6) is -0.696. The van der Waals surface area contributed by atoms with Crippen molar-refractivity contribution in [1.82, 2.24) is 0 Å². The van der Waals surface area contributed by atoms with E-state index in [1.54, 1.807) is 18.2 Å². The Morgan fingerprint density at radius 3 is 2.77 bits per heavy atom. The molecule has 0 unspecified atom stereocenters. The lowest BCUT2D eigenvalue weighted by atomic mass is 9.99. The van der Waals surface area contributed by atoms with Gasteiger partial charge in [0.15, 0.2) is 0 Å². The van der Waals surface area contributed by atoms with Crippen LogP contribution >= 0.6 is 11.3 Å². The topological polar surface area (TPSA) is 52.3 Å². The Hall–Kier alpha value is -2.24. The zero-order valence-electron chi connectivity index (χ0n) is 11.9. The van der Waals surface area contributed by atoms with Gasteiger partial charge in [-0.25, -0.2) is 9.18 Å². The number of ether oxygens (including phenoxy) is 1. The summed E-state index contributed by atoms with van der Waals surface area (Å²) in [6, 6.07) is 12.2. The molecule has 1 heterocycles. The molecule has 0 atom stereocenters. The molecule has 0 saturated heterocycles. The first-order chi connectivity index (χ1) is 10.6. The summed E-state index contributed by atoms with van der Waals surface area (Å²) < 4.78 is 19.9. The normalized spacial score (nSPS) is 10.9. The lowest BCUT2D eigenvalue weighted by molar-refractivity contribution is 0.0606. The molecule has 3 nitrogen and oxygen atoms in total. The average Bonchev–Trinajstić information content (AvgIpc) is 2.99. The van der Waals surface area contributed by atoms with Gasteiger partial charge in [-0.1, -0.05) is 18.2 Å². The maximum atomic E-state index is 14.2. The smallest absolute Gasteiger partial charge is 0.348 e. The molecule has 3 rings (SSSR count). The molecule has 1 aromatic heterocycles. The minimum atomic E-state index is -0.386. The molecular weight excluding hydrogens is 301 g/mol. The predicted octanol–water partition coefficient (Wildman–Crippen LogP) is 3.95. The number of benzene rings is 2. The highest BCUT2D eigenvalue weighted by atomic mass is 32.1. The number of carbonyl (C=O) groups is 1. The van der Waals surface area contributed by atoms with Crippen molar-refractivity contribution in [2.45, 2.75) is 6.54 Å². The van der Waals surface area contributed by atoms with Crippen LogP contribution < -0.4 is 5.73 Å². The fourth-order valence-corrected chi connectivity index (χ4v) is 3.41. The SMILES string of the molecule is COC(=O)c1cc2c(-c3cc(CN)ccc3F)cccc2s1. The third kappa shape index (κ3) is 2.49. The summed E-state index contributed by atoms with van der Waals surface area (Å²) in [4.78, 5) is 12.2. The van der Waals surface area contributed by atoms with E-state index in [1.165, 1.54) is 24.5 Å². The number of rotatable bonds is 3. The van der Waals surface area contributed by atoms with E-state index in [-0.39, 0.29) is 11.8 Å².